The first kappa shape index (κ1) is 20.4. The molecule has 0 spiro atoms. The average molecular weight is 648 g/mol. The molecule has 0 radical (unpaired) electrons. The number of nitrogens with zero attached hydrogens (tertiary/aromatic N) is 3. The fourth-order valence-electron chi connectivity index (χ4n) is 2.58. The Morgan fingerprint density at radius 2 is 1.61 bits per heavy atom. The van der Waals surface area contributed by atoms with E-state index in [9.17, 15) is 17.2 Å². The number of aromatic nitrogens is 2. The molecule has 0 unspecified atom stereocenters. The first-order chi connectivity index (χ1) is 12.7. The quantitative estimate of drug-likeness (QED) is 0.432. The van der Waals surface area contributed by atoms with Crippen molar-refractivity contribution >= 4 is 15.7 Å². The number of halogens is 2. The molecule has 1 aromatic heterocycles. The molecule has 28 heavy (non-hydrogen) atoms. The van der Waals surface area contributed by atoms with Crippen molar-refractivity contribution in [1.29, 1.82) is 0 Å². The van der Waals surface area contributed by atoms with Gasteiger partial charge in [0.1, 0.15) is 6.43 Å². The molecule has 6 nitrogen and oxygen atoms in total. The van der Waals surface area contributed by atoms with Crippen molar-refractivity contribution in [2.75, 3.05) is 19.0 Å². The Morgan fingerprint density at radius 1 is 1.04 bits per heavy atom. The summed E-state index contributed by atoms with van der Waals surface area (Å²) in [5, 5.41) is 9.04. The largest absolute Gasteiger partial charge is 0.378 e. The summed E-state index contributed by atoms with van der Waals surface area (Å²) in [5.41, 5.74) is 2.09. The summed E-state index contributed by atoms with van der Waals surface area (Å²) in [6, 6.07) is 14.2. The maximum atomic E-state index is 13.1. The number of hydrogen-bond acceptors (Lipinski definition) is 4. The van der Waals surface area contributed by atoms with Gasteiger partial charge in [-0.25, -0.2) is 18.7 Å². The van der Waals surface area contributed by atoms with Gasteiger partial charge in [-0.05, 0) is 53.3 Å². The number of benzene rings is 2. The second kappa shape index (κ2) is 7.37. The molecule has 0 aliphatic rings. The molecule has 10 heteroatoms. The van der Waals surface area contributed by atoms with Gasteiger partial charge in [-0.3, -0.25) is 13.5 Å². The molecular weight excluding hydrogens is 631 g/mol. The van der Waals surface area contributed by atoms with Gasteiger partial charge >= 0.3 is 0 Å². The zero-order chi connectivity index (χ0) is 19.8. The van der Waals surface area contributed by atoms with E-state index in [4.69, 9.17) is 5.14 Å². The molecule has 0 saturated heterocycles. The van der Waals surface area contributed by atoms with E-state index in [2.05, 4.69) is 5.10 Å². The van der Waals surface area contributed by atoms with Gasteiger partial charge in [0.2, 0.25) is 10.0 Å². The molecule has 0 fully saturated rings. The second-order valence-electron chi connectivity index (χ2n) is 6.07. The van der Waals surface area contributed by atoms with Crippen LogP contribution in [0.5, 0.6) is 0 Å². The minimum atomic E-state index is -3.84. The van der Waals surface area contributed by atoms with Gasteiger partial charge in [0.25, 0.3) is 0 Å². The molecule has 3 aromatic rings. The predicted octanol–water partition coefficient (Wildman–Crippen LogP) is 3.03. The minimum Gasteiger partial charge on any atom is -0.378 e. The summed E-state index contributed by atoms with van der Waals surface area (Å²) in [7, 11) is -0.0424. The van der Waals surface area contributed by atoms with E-state index in [1.165, 1.54) is 35.0 Å². The second-order valence-corrected chi connectivity index (χ2v) is 7.63. The van der Waals surface area contributed by atoms with E-state index in [-0.39, 0.29) is 4.90 Å². The van der Waals surface area contributed by atoms with Gasteiger partial charge in [0, 0.05) is 19.8 Å². The third kappa shape index (κ3) is 3.92. The van der Waals surface area contributed by atoms with Crippen LogP contribution in [0.4, 0.5) is 14.5 Å². The SMILES string of the molecule is CN(C)c1ccc(-c2cc([C-](F)F)nn2-c2ccc(S(N)(=O)=O)cc2)cc1.[Fm]. The van der Waals surface area contributed by atoms with Crippen LogP contribution in [-0.4, -0.2) is 32.3 Å². The van der Waals surface area contributed by atoms with Crippen molar-refractivity contribution in [2.45, 2.75) is 4.90 Å². The van der Waals surface area contributed by atoms with Crippen molar-refractivity contribution in [3.05, 3.63) is 66.7 Å². The molecule has 0 atom stereocenters. The first-order valence-corrected chi connectivity index (χ1v) is 9.41. The van der Waals surface area contributed by atoms with Crippen LogP contribution in [0.25, 0.3) is 16.9 Å². The van der Waals surface area contributed by atoms with Gasteiger partial charge < -0.3 is 4.90 Å². The maximum absolute atomic E-state index is 13.1. The summed E-state index contributed by atoms with van der Waals surface area (Å²) in [4.78, 5) is 1.85. The number of anilines is 1. The summed E-state index contributed by atoms with van der Waals surface area (Å²) in [6.07, 6.45) is -1.90. The molecule has 0 saturated carbocycles. The summed E-state index contributed by atoms with van der Waals surface area (Å²) >= 11 is 0. The van der Waals surface area contributed by atoms with Crippen LogP contribution in [0.15, 0.2) is 59.5 Å². The third-order valence-electron chi connectivity index (χ3n) is 3.99. The van der Waals surface area contributed by atoms with Gasteiger partial charge in [0.05, 0.1) is 10.6 Å². The topological polar surface area (TPSA) is 81.2 Å². The minimum absolute atomic E-state index is 0. The number of primary sulfonamides is 1. The van der Waals surface area contributed by atoms with Gasteiger partial charge in [-0.1, -0.05) is 12.1 Å². The third-order valence-corrected chi connectivity index (χ3v) is 4.92. The van der Waals surface area contributed by atoms with E-state index < -0.39 is 22.1 Å². The van der Waals surface area contributed by atoms with Gasteiger partial charge in [0.15, 0.2) is 0 Å². The van der Waals surface area contributed by atoms with Crippen LogP contribution in [-0.2, 0) is 10.0 Å². The van der Waals surface area contributed by atoms with E-state index in [0.717, 1.165) is 5.69 Å². The number of rotatable bonds is 5. The van der Waals surface area contributed by atoms with Crippen molar-refractivity contribution < 1.29 is 17.2 Å². The smallest absolute Gasteiger partial charge is 0.238 e. The molecule has 2 aromatic carbocycles. The van der Waals surface area contributed by atoms with Gasteiger partial charge in [-0.15, -0.1) is 0 Å². The van der Waals surface area contributed by atoms with Crippen molar-refractivity contribution in [2.24, 2.45) is 5.14 Å². The Balaban J connectivity index is 0.00000280. The summed E-state index contributed by atoms with van der Waals surface area (Å²) < 4.78 is 50.4. The molecule has 3 rings (SSSR count). The molecule has 0 bridgehead atoms. The normalized spacial score (nSPS) is 11.0. The molecular formula is C18H17F2FmN4O2S-. The fraction of sp³-hybridized carbons (Fsp3) is 0.111. The van der Waals surface area contributed by atoms with Crippen LogP contribution in [0.1, 0.15) is 5.69 Å². The predicted molar refractivity (Wildman–Crippen MR) is 99.3 cm³/mol. The van der Waals surface area contributed by atoms with Crippen LogP contribution >= 0.6 is 0 Å². The van der Waals surface area contributed by atoms with Crippen molar-refractivity contribution in [3.8, 4) is 16.9 Å². The maximum Gasteiger partial charge on any atom is 0.238 e. The summed E-state index contributed by atoms with van der Waals surface area (Å²) in [5.74, 6) is 0. The van der Waals surface area contributed by atoms with Crippen molar-refractivity contribution in [1.82, 2.24) is 9.78 Å². The van der Waals surface area contributed by atoms with Crippen LogP contribution < -0.4 is 10.0 Å². The van der Waals surface area contributed by atoms with Crippen LogP contribution in [0.3, 0.4) is 0 Å². The Labute approximate surface area is 155 Å². The number of nitrogens with two attached hydrogens (primary N) is 1. The molecule has 1 heterocycles. The Kier molecular flexibility index (Phi) is 5.37. The van der Waals surface area contributed by atoms with Gasteiger partial charge in [-0.2, -0.15) is 6.07 Å². The Hall–Kier alpha value is -3.91. The zero-order valence-electron chi connectivity index (χ0n) is 14.9. The zero-order valence-corrected chi connectivity index (χ0v) is 18.1. The Bertz CT molecular complexity index is 1050. The summed E-state index contributed by atoms with van der Waals surface area (Å²) in [6.45, 7) is 0. The average Bonchev–Trinajstić information content (AvgIpc) is 3.07. The molecule has 0 aliphatic carbocycles. The van der Waals surface area contributed by atoms with Crippen LogP contribution in [0.2, 0.25) is 0 Å². The fourth-order valence-corrected chi connectivity index (χ4v) is 3.10. The molecule has 2 N–H and O–H groups in total. The Morgan fingerprint density at radius 3 is 2.07 bits per heavy atom. The van der Waals surface area contributed by atoms with Crippen LogP contribution in [0, 0.1) is 6.43 Å². The molecule has 154 valence electrons. The van der Waals surface area contributed by atoms with E-state index in [1.54, 1.807) is 0 Å². The molecule has 0 aliphatic heterocycles. The number of hydrogen-bond donors (Lipinski definition) is 1. The molecule has 0 amide bonds. The monoisotopic (exact) mass is 648 g/mol. The van der Waals surface area contributed by atoms with E-state index in [1.807, 2.05) is 43.3 Å². The van der Waals surface area contributed by atoms with E-state index >= 15 is 0 Å². The van der Waals surface area contributed by atoms with E-state index in [0.29, 0.717) is 16.9 Å². The number of sulfonamides is 1. The van der Waals surface area contributed by atoms with Crippen molar-refractivity contribution in [3.63, 3.8) is 0 Å². The first-order valence-electron chi connectivity index (χ1n) is 7.86. The standard InChI is InChI=1S/C18H17F2N4O2S.Fm/c1-23(2)13-5-3-12(4-6-13)17-11-16(18(19)20)22-24(17)14-7-9-15(10-8-14)27(21,25)26;/h3-11H,1-2H3,(H2,21,25,26);/q-1;.